The van der Waals surface area contributed by atoms with Crippen LogP contribution in [0.2, 0.25) is 0 Å². The van der Waals surface area contributed by atoms with Gasteiger partial charge in [0.05, 0.1) is 9.37 Å². The van der Waals surface area contributed by atoms with Crippen LogP contribution in [0.15, 0.2) is 51.8 Å². The van der Waals surface area contributed by atoms with Gasteiger partial charge in [0.15, 0.2) is 11.1 Å². The second kappa shape index (κ2) is 5.60. The monoisotopic (exact) mass is 330 g/mol. The summed E-state index contributed by atoms with van der Waals surface area (Å²) in [7, 11) is 0. The fourth-order valence-corrected chi connectivity index (χ4v) is 2.00. The summed E-state index contributed by atoms with van der Waals surface area (Å²) in [5, 5.41) is 0. The Kier molecular flexibility index (Phi) is 4.11. The van der Waals surface area contributed by atoms with E-state index in [1.807, 2.05) is 0 Å². The topological polar surface area (TPSA) is 46.5 Å². The van der Waals surface area contributed by atoms with E-state index in [0.29, 0.717) is 16.0 Å². The van der Waals surface area contributed by atoms with E-state index in [1.54, 1.807) is 18.2 Å². The summed E-state index contributed by atoms with van der Waals surface area (Å²) in [4.78, 5) is 0.278. The van der Waals surface area contributed by atoms with Crippen LogP contribution in [-0.4, -0.2) is 8.76 Å². The van der Waals surface area contributed by atoms with Crippen molar-refractivity contribution in [2.75, 3.05) is 0 Å². The Morgan fingerprint density at radius 2 is 1.83 bits per heavy atom. The van der Waals surface area contributed by atoms with Gasteiger partial charge in [0.25, 0.3) is 0 Å². The molecule has 0 saturated heterocycles. The molecule has 0 aromatic heterocycles. The standard InChI is InChI=1S/C12H8BrFO3S/c13-11-6-1-8(14)7-12(11)17-9-2-4-10(5-3-9)18(15)16/h1-7H,(H,15,16). The Hall–Kier alpha value is -1.24. The second-order valence-corrected chi connectivity index (χ2v) is 5.22. The van der Waals surface area contributed by atoms with Gasteiger partial charge in [-0.1, -0.05) is 0 Å². The van der Waals surface area contributed by atoms with Gasteiger partial charge in [-0.25, -0.2) is 8.60 Å². The summed E-state index contributed by atoms with van der Waals surface area (Å²) in [6.45, 7) is 0. The lowest BCUT2D eigenvalue weighted by molar-refractivity contribution is 0.473. The molecule has 2 aromatic rings. The normalized spacial score (nSPS) is 12.2. The predicted octanol–water partition coefficient (Wildman–Crippen LogP) is 3.96. The van der Waals surface area contributed by atoms with Crippen LogP contribution in [0.5, 0.6) is 11.5 Å². The van der Waals surface area contributed by atoms with Crippen LogP contribution < -0.4 is 4.74 Å². The maximum Gasteiger partial charge on any atom is 0.186 e. The van der Waals surface area contributed by atoms with Crippen molar-refractivity contribution >= 4 is 27.0 Å². The fraction of sp³-hybridized carbons (Fsp3) is 0. The van der Waals surface area contributed by atoms with E-state index >= 15 is 0 Å². The largest absolute Gasteiger partial charge is 0.456 e. The van der Waals surface area contributed by atoms with E-state index in [-0.39, 0.29) is 4.90 Å². The van der Waals surface area contributed by atoms with Gasteiger partial charge in [-0.3, -0.25) is 0 Å². The van der Waals surface area contributed by atoms with Crippen molar-refractivity contribution in [3.8, 4) is 11.5 Å². The Morgan fingerprint density at radius 1 is 1.17 bits per heavy atom. The van der Waals surface area contributed by atoms with E-state index in [1.165, 1.54) is 24.3 Å². The number of hydrogen-bond donors (Lipinski definition) is 1. The highest BCUT2D eigenvalue weighted by Gasteiger charge is 2.05. The van der Waals surface area contributed by atoms with Crippen molar-refractivity contribution in [2.24, 2.45) is 0 Å². The molecule has 2 rings (SSSR count). The van der Waals surface area contributed by atoms with E-state index in [2.05, 4.69) is 15.9 Å². The minimum absolute atomic E-state index is 0.278. The molecule has 18 heavy (non-hydrogen) atoms. The lowest BCUT2D eigenvalue weighted by Gasteiger charge is -2.07. The average Bonchev–Trinajstić information content (AvgIpc) is 2.34. The molecule has 1 unspecified atom stereocenters. The molecular formula is C12H8BrFO3S. The first-order valence-corrected chi connectivity index (χ1v) is 6.80. The molecule has 0 heterocycles. The molecule has 0 aliphatic heterocycles. The number of benzene rings is 2. The first kappa shape index (κ1) is 13.2. The van der Waals surface area contributed by atoms with Crippen LogP contribution in [-0.2, 0) is 11.1 Å². The number of ether oxygens (including phenoxy) is 1. The molecule has 2 aromatic carbocycles. The zero-order chi connectivity index (χ0) is 13.1. The van der Waals surface area contributed by atoms with Crippen molar-refractivity contribution in [2.45, 2.75) is 4.90 Å². The summed E-state index contributed by atoms with van der Waals surface area (Å²) in [5.74, 6) is 0.393. The maximum atomic E-state index is 13.0. The molecule has 0 aliphatic carbocycles. The third kappa shape index (κ3) is 3.16. The highest BCUT2D eigenvalue weighted by molar-refractivity contribution is 9.10. The predicted molar refractivity (Wildman–Crippen MR) is 69.7 cm³/mol. The van der Waals surface area contributed by atoms with Crippen molar-refractivity contribution in [1.82, 2.24) is 0 Å². The number of hydrogen-bond acceptors (Lipinski definition) is 2. The lowest BCUT2D eigenvalue weighted by Crippen LogP contribution is -1.90. The molecule has 0 bridgehead atoms. The minimum Gasteiger partial charge on any atom is -0.456 e. The first-order chi connectivity index (χ1) is 8.56. The quantitative estimate of drug-likeness (QED) is 0.866. The van der Waals surface area contributed by atoms with Crippen molar-refractivity contribution in [3.05, 3.63) is 52.8 Å². The highest BCUT2D eigenvalue weighted by Crippen LogP contribution is 2.30. The van der Waals surface area contributed by atoms with Crippen LogP contribution >= 0.6 is 15.9 Å². The highest BCUT2D eigenvalue weighted by atomic mass is 79.9. The Morgan fingerprint density at radius 3 is 2.44 bits per heavy atom. The zero-order valence-electron chi connectivity index (χ0n) is 8.97. The SMILES string of the molecule is O=S(O)c1ccc(Oc2cc(F)ccc2Br)cc1. The molecule has 0 fully saturated rings. The molecule has 1 N–H and O–H groups in total. The van der Waals surface area contributed by atoms with Gasteiger partial charge in [-0.2, -0.15) is 0 Å². The zero-order valence-corrected chi connectivity index (χ0v) is 11.4. The van der Waals surface area contributed by atoms with Crippen molar-refractivity contribution in [1.29, 1.82) is 0 Å². The van der Waals surface area contributed by atoms with Crippen LogP contribution in [0.3, 0.4) is 0 Å². The van der Waals surface area contributed by atoms with Crippen molar-refractivity contribution in [3.63, 3.8) is 0 Å². The summed E-state index contributed by atoms with van der Waals surface area (Å²) >= 11 is 1.23. The molecule has 0 spiro atoms. The fourth-order valence-electron chi connectivity index (χ4n) is 1.31. The van der Waals surface area contributed by atoms with Gasteiger partial charge in [0.2, 0.25) is 0 Å². The van der Waals surface area contributed by atoms with Crippen LogP contribution in [0.25, 0.3) is 0 Å². The number of rotatable bonds is 3. The molecule has 0 amide bonds. The number of halogens is 2. The van der Waals surface area contributed by atoms with E-state index in [0.717, 1.165) is 0 Å². The maximum absolute atomic E-state index is 13.0. The molecule has 94 valence electrons. The molecule has 0 aliphatic rings. The van der Waals surface area contributed by atoms with Gasteiger partial charge < -0.3 is 9.29 Å². The Labute approximate surface area is 114 Å². The van der Waals surface area contributed by atoms with Gasteiger partial charge in [0.1, 0.15) is 17.3 Å². The molecule has 1 atom stereocenters. The lowest BCUT2D eigenvalue weighted by atomic mass is 10.3. The summed E-state index contributed by atoms with van der Waals surface area (Å²) in [6.07, 6.45) is 0. The smallest absolute Gasteiger partial charge is 0.186 e. The molecule has 0 radical (unpaired) electrons. The summed E-state index contributed by atoms with van der Waals surface area (Å²) in [5.41, 5.74) is 0. The van der Waals surface area contributed by atoms with E-state index < -0.39 is 16.9 Å². The van der Waals surface area contributed by atoms with Crippen molar-refractivity contribution < 1.29 is 17.9 Å². The average molecular weight is 331 g/mol. The molecule has 6 heteroatoms. The first-order valence-electron chi connectivity index (χ1n) is 4.90. The molecule has 0 saturated carbocycles. The van der Waals surface area contributed by atoms with Gasteiger partial charge in [0, 0.05) is 6.07 Å². The minimum atomic E-state index is -2.02. The second-order valence-electron chi connectivity index (χ2n) is 3.40. The van der Waals surface area contributed by atoms with Crippen LogP contribution in [0, 0.1) is 5.82 Å². The van der Waals surface area contributed by atoms with Gasteiger partial charge in [-0.15, -0.1) is 0 Å². The summed E-state index contributed by atoms with van der Waals surface area (Å²) in [6, 6.07) is 10.1. The van der Waals surface area contributed by atoms with Gasteiger partial charge in [-0.05, 0) is 52.3 Å². The third-order valence-corrected chi connectivity index (χ3v) is 3.48. The summed E-state index contributed by atoms with van der Waals surface area (Å²) < 4.78 is 38.8. The van der Waals surface area contributed by atoms with E-state index in [9.17, 15) is 8.60 Å². The Bertz CT molecular complexity index is 586. The molecule has 3 nitrogen and oxygen atoms in total. The van der Waals surface area contributed by atoms with Crippen LogP contribution in [0.4, 0.5) is 4.39 Å². The van der Waals surface area contributed by atoms with Crippen LogP contribution in [0.1, 0.15) is 0 Å². The molecular weight excluding hydrogens is 323 g/mol. The third-order valence-electron chi connectivity index (χ3n) is 2.15. The van der Waals surface area contributed by atoms with E-state index in [4.69, 9.17) is 9.29 Å². The van der Waals surface area contributed by atoms with Gasteiger partial charge >= 0.3 is 0 Å². The Balaban J connectivity index is 2.23.